The lowest BCUT2D eigenvalue weighted by molar-refractivity contribution is -0.137. The van der Waals surface area contributed by atoms with Gasteiger partial charge in [-0.2, -0.15) is 4.20 Å². The van der Waals surface area contributed by atoms with Crippen LogP contribution in [-0.4, -0.2) is 23.7 Å². The van der Waals surface area contributed by atoms with E-state index in [2.05, 4.69) is 9.84 Å². The highest BCUT2D eigenvalue weighted by Gasteiger charge is 2.29. The minimum Gasteiger partial charge on any atom is -0.444 e. The van der Waals surface area contributed by atoms with Gasteiger partial charge in [-0.05, 0) is 35.6 Å². The normalized spacial score (nSPS) is 14.9. The van der Waals surface area contributed by atoms with Crippen LogP contribution in [0.1, 0.15) is 34.6 Å². The summed E-state index contributed by atoms with van der Waals surface area (Å²) in [5.74, 6) is -1.04. The third kappa shape index (κ3) is 7.78. The molecule has 0 saturated carbocycles. The molecule has 0 heterocycles. The molecule has 0 aliphatic heterocycles. The summed E-state index contributed by atoms with van der Waals surface area (Å²) in [6, 6.07) is -0.929. The summed E-state index contributed by atoms with van der Waals surface area (Å²) in [4.78, 5) is 23.1. The molecule has 0 aliphatic carbocycles. The molecule has 8 heteroatoms. The zero-order valence-corrected chi connectivity index (χ0v) is 13.2. The van der Waals surface area contributed by atoms with E-state index in [1.165, 1.54) is 0 Å². The number of hydrogen-bond donors (Lipinski definition) is 1. The van der Waals surface area contributed by atoms with Gasteiger partial charge in [0.2, 0.25) is 0 Å². The first-order chi connectivity index (χ1) is 8.03. The first kappa shape index (κ1) is 17.5. The van der Waals surface area contributed by atoms with Crippen LogP contribution >= 0.6 is 17.1 Å². The summed E-state index contributed by atoms with van der Waals surface area (Å²) in [5, 5.41) is 2.38. The maximum atomic E-state index is 12.6. The van der Waals surface area contributed by atoms with Crippen LogP contribution in [0.4, 0.5) is 8.99 Å². The highest BCUT2D eigenvalue weighted by Crippen LogP contribution is 2.47. The van der Waals surface area contributed by atoms with E-state index in [4.69, 9.17) is 4.74 Å². The number of halogens is 1. The molecule has 5 nitrogen and oxygen atoms in total. The van der Waals surface area contributed by atoms with Gasteiger partial charge in [-0.15, -0.1) is 0 Å². The van der Waals surface area contributed by atoms with Crippen LogP contribution in [0.3, 0.4) is 0 Å². The lowest BCUT2D eigenvalue weighted by atomic mass is 10.1. The van der Waals surface area contributed by atoms with Crippen molar-refractivity contribution in [3.8, 4) is 0 Å². The van der Waals surface area contributed by atoms with Gasteiger partial charge in [0.15, 0.2) is 0 Å². The summed E-state index contributed by atoms with van der Waals surface area (Å²) in [5.41, 5.74) is -0.664. The van der Waals surface area contributed by atoms with Gasteiger partial charge < -0.3 is 14.6 Å². The quantitative estimate of drug-likeness (QED) is 0.810. The summed E-state index contributed by atoms with van der Waals surface area (Å²) in [6.07, 6.45) is -0.731. The first-order valence-electron chi connectivity index (χ1n) is 5.45. The number of hydrogen-bond acceptors (Lipinski definition) is 4. The van der Waals surface area contributed by atoms with Crippen LogP contribution in [0.5, 0.6) is 0 Å². The Bertz CT molecular complexity index is 305. The van der Waals surface area contributed by atoms with E-state index in [1.807, 2.05) is 0 Å². The van der Waals surface area contributed by atoms with Crippen LogP contribution in [-0.2, 0) is 14.1 Å². The first-order valence-corrected chi connectivity index (χ1v) is 8.21. The predicted octanol–water partition coefficient (Wildman–Crippen LogP) is 3.15. The lowest BCUT2D eigenvalue weighted by Crippen LogP contribution is -2.46. The van der Waals surface area contributed by atoms with Gasteiger partial charge in [-0.25, -0.2) is 9.59 Å². The topological polar surface area (TPSA) is 64.6 Å². The van der Waals surface area contributed by atoms with Gasteiger partial charge >= 0.3 is 12.1 Å². The fourth-order valence-corrected chi connectivity index (χ4v) is 1.67. The molecule has 1 amide bonds. The van der Waals surface area contributed by atoms with Gasteiger partial charge in [0.25, 0.3) is 8.15 Å². The highest BCUT2D eigenvalue weighted by atomic mass is 32.0. The van der Waals surface area contributed by atoms with Gasteiger partial charge in [-0.3, -0.25) is 0 Å². The van der Waals surface area contributed by atoms with Gasteiger partial charge in [-0.1, -0.05) is 13.8 Å². The zero-order chi connectivity index (χ0) is 14.5. The number of alkyl carbamates (subject to hydrolysis) is 1. The van der Waals surface area contributed by atoms with Crippen LogP contribution in [0.2, 0.25) is 0 Å². The Hall–Kier alpha value is -0.470. The molecule has 0 rings (SSSR count). The SMILES string of the molecule is CC(C)[C@@H](NC(=O)OC(C)(C)C)C(=O)OP(F)P. The van der Waals surface area contributed by atoms with Gasteiger partial charge in [0.05, 0.1) is 0 Å². The van der Waals surface area contributed by atoms with Crippen molar-refractivity contribution in [2.75, 3.05) is 0 Å². The highest BCUT2D eigenvalue weighted by molar-refractivity contribution is 8.08. The molecule has 0 aliphatic rings. The number of nitrogens with one attached hydrogen (secondary N) is 1. The molecule has 0 spiro atoms. The Labute approximate surface area is 110 Å². The van der Waals surface area contributed by atoms with Crippen molar-refractivity contribution in [3.05, 3.63) is 0 Å². The molecule has 3 atom stereocenters. The van der Waals surface area contributed by atoms with E-state index in [-0.39, 0.29) is 5.92 Å². The Morgan fingerprint density at radius 1 is 1.33 bits per heavy atom. The molecular weight excluding hydrogens is 279 g/mol. The molecular formula is C10H20FNO4P2. The second-order valence-electron chi connectivity index (χ2n) is 5.05. The Morgan fingerprint density at radius 2 is 1.83 bits per heavy atom. The van der Waals surface area contributed by atoms with Crippen LogP contribution < -0.4 is 5.32 Å². The Kier molecular flexibility index (Phi) is 7.01. The van der Waals surface area contributed by atoms with Crippen molar-refractivity contribution in [1.82, 2.24) is 5.32 Å². The van der Waals surface area contributed by atoms with E-state index in [1.54, 1.807) is 43.5 Å². The maximum absolute atomic E-state index is 12.6. The van der Waals surface area contributed by atoms with E-state index >= 15 is 0 Å². The number of carbonyl (C=O) groups excluding carboxylic acids is 2. The molecule has 0 saturated heterocycles. The largest absolute Gasteiger partial charge is 0.444 e. The molecule has 0 aromatic rings. The third-order valence-corrected chi connectivity index (χ3v) is 2.44. The second kappa shape index (κ2) is 7.20. The van der Waals surface area contributed by atoms with E-state index in [9.17, 15) is 13.8 Å². The number of amides is 1. The van der Waals surface area contributed by atoms with E-state index in [0.717, 1.165) is 0 Å². The molecule has 2 unspecified atom stereocenters. The molecule has 18 heavy (non-hydrogen) atoms. The molecule has 0 bridgehead atoms. The Morgan fingerprint density at radius 3 is 2.17 bits per heavy atom. The average Bonchev–Trinajstić information content (AvgIpc) is 2.09. The van der Waals surface area contributed by atoms with Crippen molar-refractivity contribution in [3.63, 3.8) is 0 Å². The molecule has 0 aromatic carbocycles. The molecule has 1 N–H and O–H groups in total. The van der Waals surface area contributed by atoms with Crippen LogP contribution in [0.15, 0.2) is 0 Å². The average molecular weight is 299 g/mol. The summed E-state index contributed by atoms with van der Waals surface area (Å²) in [7, 11) is -0.607. The minimum absolute atomic E-state index is 0.232. The summed E-state index contributed by atoms with van der Waals surface area (Å²) in [6.45, 7) is 8.55. The second-order valence-corrected chi connectivity index (χ2v) is 6.99. The number of rotatable bonds is 4. The molecule has 0 fully saturated rings. The fourth-order valence-electron chi connectivity index (χ4n) is 1.08. The number of carbonyl (C=O) groups is 2. The van der Waals surface area contributed by atoms with Gasteiger partial charge in [0.1, 0.15) is 11.6 Å². The van der Waals surface area contributed by atoms with E-state index < -0.39 is 31.9 Å². The standard InChI is InChI=1S/C10H20FNO4P2/c1-6(2)7(8(13)16-18(11)17)12-9(14)15-10(3,4)5/h6-7H,17H2,1-5H3,(H,12,14)/t7-,18?/m1/s1. The van der Waals surface area contributed by atoms with E-state index in [0.29, 0.717) is 0 Å². The fraction of sp³-hybridized carbons (Fsp3) is 0.800. The lowest BCUT2D eigenvalue weighted by Gasteiger charge is -2.24. The minimum atomic E-state index is -2.37. The van der Waals surface area contributed by atoms with Crippen molar-refractivity contribution in [2.45, 2.75) is 46.3 Å². The molecule has 0 radical (unpaired) electrons. The smallest absolute Gasteiger partial charge is 0.408 e. The van der Waals surface area contributed by atoms with Crippen molar-refractivity contribution in [2.24, 2.45) is 5.92 Å². The third-order valence-electron chi connectivity index (χ3n) is 1.77. The zero-order valence-electron chi connectivity index (χ0n) is 11.2. The summed E-state index contributed by atoms with van der Waals surface area (Å²) >= 11 is 0. The van der Waals surface area contributed by atoms with Crippen molar-refractivity contribution < 1.29 is 23.0 Å². The Balaban J connectivity index is 4.54. The van der Waals surface area contributed by atoms with Crippen molar-refractivity contribution >= 4 is 29.1 Å². The number of ether oxygens (including phenoxy) is 1. The summed E-state index contributed by atoms with van der Waals surface area (Å²) < 4.78 is 22.1. The molecule has 106 valence electrons. The maximum Gasteiger partial charge on any atom is 0.408 e. The molecule has 0 aromatic heterocycles. The monoisotopic (exact) mass is 299 g/mol. The predicted molar refractivity (Wildman–Crippen MR) is 71.8 cm³/mol. The van der Waals surface area contributed by atoms with Gasteiger partial charge in [0, 0.05) is 0 Å². The van der Waals surface area contributed by atoms with Crippen molar-refractivity contribution in [1.29, 1.82) is 0 Å². The van der Waals surface area contributed by atoms with Crippen LogP contribution in [0, 0.1) is 5.92 Å². The van der Waals surface area contributed by atoms with Crippen LogP contribution in [0.25, 0.3) is 0 Å².